The molecule has 1 heterocycles. The number of hydrogen-bond acceptors (Lipinski definition) is 3. The Balaban J connectivity index is 1.44. The molecule has 3 aromatic carbocycles. The van der Waals surface area contributed by atoms with Gasteiger partial charge in [-0.3, -0.25) is 0 Å². The summed E-state index contributed by atoms with van der Waals surface area (Å²) >= 11 is 0. The van der Waals surface area contributed by atoms with E-state index >= 15 is 0 Å². The Morgan fingerprint density at radius 2 is 1.50 bits per heavy atom. The van der Waals surface area contributed by atoms with E-state index in [2.05, 4.69) is 48.5 Å². The SMILES string of the molecule is c1ccc(COC(CCc2ccc3c(c2)OCO3)c2ccccc2)cc1. The lowest BCUT2D eigenvalue weighted by molar-refractivity contribution is 0.0341. The lowest BCUT2D eigenvalue weighted by atomic mass is 10.0. The minimum absolute atomic E-state index is 0.0572. The van der Waals surface area contributed by atoms with Crippen LogP contribution < -0.4 is 9.47 Å². The Morgan fingerprint density at radius 3 is 2.31 bits per heavy atom. The molecule has 26 heavy (non-hydrogen) atoms. The highest BCUT2D eigenvalue weighted by molar-refractivity contribution is 5.44. The number of ether oxygens (including phenoxy) is 3. The first kappa shape index (κ1) is 16.7. The predicted octanol–water partition coefficient (Wildman–Crippen LogP) is 5.31. The van der Waals surface area contributed by atoms with Gasteiger partial charge in [-0.15, -0.1) is 0 Å². The molecule has 1 atom stereocenters. The number of hydrogen-bond donors (Lipinski definition) is 0. The van der Waals surface area contributed by atoms with Gasteiger partial charge in [0.1, 0.15) is 0 Å². The highest BCUT2D eigenvalue weighted by Crippen LogP contribution is 2.33. The number of rotatable bonds is 7. The Kier molecular flexibility index (Phi) is 5.17. The molecule has 0 spiro atoms. The maximum absolute atomic E-state index is 6.27. The summed E-state index contributed by atoms with van der Waals surface area (Å²) in [5, 5.41) is 0. The van der Waals surface area contributed by atoms with Gasteiger partial charge in [-0.05, 0) is 41.7 Å². The lowest BCUT2D eigenvalue weighted by Gasteiger charge is -2.19. The highest BCUT2D eigenvalue weighted by Gasteiger charge is 2.16. The van der Waals surface area contributed by atoms with Crippen molar-refractivity contribution in [3.8, 4) is 11.5 Å². The van der Waals surface area contributed by atoms with Crippen LogP contribution in [0.3, 0.4) is 0 Å². The molecule has 0 bridgehead atoms. The summed E-state index contributed by atoms with van der Waals surface area (Å²) in [5.41, 5.74) is 3.64. The van der Waals surface area contributed by atoms with Gasteiger partial charge in [0.05, 0.1) is 12.7 Å². The summed E-state index contributed by atoms with van der Waals surface area (Å²) in [7, 11) is 0. The van der Waals surface area contributed by atoms with Gasteiger partial charge in [0, 0.05) is 0 Å². The third-order valence-corrected chi connectivity index (χ3v) is 4.60. The zero-order valence-corrected chi connectivity index (χ0v) is 14.6. The Bertz CT molecular complexity index is 831. The van der Waals surface area contributed by atoms with Gasteiger partial charge >= 0.3 is 0 Å². The van der Waals surface area contributed by atoms with Crippen molar-refractivity contribution in [3.63, 3.8) is 0 Å². The summed E-state index contributed by atoms with van der Waals surface area (Å²) in [6.45, 7) is 0.924. The quantitative estimate of drug-likeness (QED) is 0.580. The number of fused-ring (bicyclic) bond motifs is 1. The van der Waals surface area contributed by atoms with Crippen LogP contribution in [-0.2, 0) is 17.8 Å². The zero-order chi connectivity index (χ0) is 17.6. The van der Waals surface area contributed by atoms with Crippen LogP contribution in [0.1, 0.15) is 29.2 Å². The molecule has 4 rings (SSSR count). The smallest absolute Gasteiger partial charge is 0.231 e. The fourth-order valence-electron chi connectivity index (χ4n) is 3.18. The Hall–Kier alpha value is -2.78. The zero-order valence-electron chi connectivity index (χ0n) is 14.6. The average molecular weight is 346 g/mol. The van der Waals surface area contributed by atoms with E-state index in [1.54, 1.807) is 0 Å². The van der Waals surface area contributed by atoms with Crippen molar-refractivity contribution < 1.29 is 14.2 Å². The standard InChI is InChI=1S/C23H22O3/c1-3-7-19(8-4-1)16-24-21(20-9-5-2-6-10-20)13-11-18-12-14-22-23(15-18)26-17-25-22/h1-10,12,14-15,21H,11,13,16-17H2. The minimum atomic E-state index is 0.0572. The molecule has 3 nitrogen and oxygen atoms in total. The van der Waals surface area contributed by atoms with Crippen molar-refractivity contribution in [1.29, 1.82) is 0 Å². The molecule has 3 heteroatoms. The third-order valence-electron chi connectivity index (χ3n) is 4.60. The second-order valence-corrected chi connectivity index (χ2v) is 6.42. The Morgan fingerprint density at radius 1 is 0.769 bits per heavy atom. The maximum atomic E-state index is 6.27. The van der Waals surface area contributed by atoms with Crippen molar-refractivity contribution >= 4 is 0 Å². The first-order valence-electron chi connectivity index (χ1n) is 8.97. The van der Waals surface area contributed by atoms with Crippen molar-refractivity contribution in [2.75, 3.05) is 6.79 Å². The molecule has 0 N–H and O–H groups in total. The van der Waals surface area contributed by atoms with Crippen molar-refractivity contribution in [2.24, 2.45) is 0 Å². The molecule has 0 amide bonds. The lowest BCUT2D eigenvalue weighted by Crippen LogP contribution is -2.06. The van der Waals surface area contributed by atoms with Gasteiger partial charge in [0.2, 0.25) is 6.79 Å². The van der Waals surface area contributed by atoms with Crippen molar-refractivity contribution in [3.05, 3.63) is 95.6 Å². The van der Waals surface area contributed by atoms with Crippen LogP contribution >= 0.6 is 0 Å². The second-order valence-electron chi connectivity index (χ2n) is 6.42. The summed E-state index contributed by atoms with van der Waals surface area (Å²) < 4.78 is 17.1. The second kappa shape index (κ2) is 8.07. The normalized spacial score (nSPS) is 13.5. The molecule has 0 fully saturated rings. The van der Waals surface area contributed by atoms with E-state index in [1.807, 2.05) is 30.3 Å². The molecule has 0 saturated carbocycles. The van der Waals surface area contributed by atoms with Crippen LogP contribution in [0.15, 0.2) is 78.9 Å². The topological polar surface area (TPSA) is 27.7 Å². The van der Waals surface area contributed by atoms with Crippen LogP contribution in [-0.4, -0.2) is 6.79 Å². The molecule has 0 saturated heterocycles. The van der Waals surface area contributed by atoms with Gasteiger partial charge in [0.25, 0.3) is 0 Å². The molecule has 1 unspecified atom stereocenters. The molecule has 1 aliphatic rings. The highest BCUT2D eigenvalue weighted by atomic mass is 16.7. The van der Waals surface area contributed by atoms with Crippen molar-refractivity contribution in [1.82, 2.24) is 0 Å². The van der Waals surface area contributed by atoms with Gasteiger partial charge in [-0.1, -0.05) is 66.7 Å². The molecule has 3 aromatic rings. The largest absolute Gasteiger partial charge is 0.454 e. The van der Waals surface area contributed by atoms with Gasteiger partial charge in [-0.2, -0.15) is 0 Å². The van der Waals surface area contributed by atoms with E-state index in [-0.39, 0.29) is 6.10 Å². The average Bonchev–Trinajstić information content (AvgIpc) is 3.17. The van der Waals surface area contributed by atoms with Crippen LogP contribution in [0, 0.1) is 0 Å². The molecule has 0 radical (unpaired) electrons. The van der Waals surface area contributed by atoms with Crippen LogP contribution in [0.25, 0.3) is 0 Å². The Labute approximate surface area is 154 Å². The molecular formula is C23H22O3. The summed E-state index contributed by atoms with van der Waals surface area (Å²) in [5.74, 6) is 1.66. The van der Waals surface area contributed by atoms with Gasteiger partial charge < -0.3 is 14.2 Å². The van der Waals surface area contributed by atoms with Crippen molar-refractivity contribution in [2.45, 2.75) is 25.6 Å². The summed E-state index contributed by atoms with van der Waals surface area (Å²) in [4.78, 5) is 0. The van der Waals surface area contributed by atoms with E-state index in [1.165, 1.54) is 16.7 Å². The van der Waals surface area contributed by atoms with Crippen LogP contribution in [0.4, 0.5) is 0 Å². The summed E-state index contributed by atoms with van der Waals surface area (Å²) in [6, 6.07) is 26.9. The van der Waals surface area contributed by atoms with E-state index in [4.69, 9.17) is 14.2 Å². The maximum Gasteiger partial charge on any atom is 0.231 e. The van der Waals surface area contributed by atoms with E-state index in [0.717, 1.165) is 24.3 Å². The fraction of sp³-hybridized carbons (Fsp3) is 0.217. The first-order valence-corrected chi connectivity index (χ1v) is 8.97. The van der Waals surface area contributed by atoms with Crippen LogP contribution in [0.5, 0.6) is 11.5 Å². The van der Waals surface area contributed by atoms with Gasteiger partial charge in [0.15, 0.2) is 11.5 Å². The van der Waals surface area contributed by atoms with E-state index in [9.17, 15) is 0 Å². The third kappa shape index (κ3) is 4.06. The monoisotopic (exact) mass is 346 g/mol. The molecule has 132 valence electrons. The molecular weight excluding hydrogens is 324 g/mol. The molecule has 1 aliphatic heterocycles. The van der Waals surface area contributed by atoms with E-state index < -0.39 is 0 Å². The molecule has 0 aromatic heterocycles. The summed E-state index contributed by atoms with van der Waals surface area (Å²) in [6.07, 6.45) is 1.89. The van der Waals surface area contributed by atoms with Gasteiger partial charge in [-0.25, -0.2) is 0 Å². The fourth-order valence-corrected chi connectivity index (χ4v) is 3.18. The number of aryl methyl sites for hydroxylation is 1. The first-order chi connectivity index (χ1) is 12.9. The predicted molar refractivity (Wildman–Crippen MR) is 101 cm³/mol. The minimum Gasteiger partial charge on any atom is -0.454 e. The van der Waals surface area contributed by atoms with Crippen LogP contribution in [0.2, 0.25) is 0 Å². The van der Waals surface area contributed by atoms with E-state index in [0.29, 0.717) is 13.4 Å². The molecule has 0 aliphatic carbocycles. The number of benzene rings is 3.